The van der Waals surface area contributed by atoms with E-state index in [-0.39, 0.29) is 11.7 Å². The van der Waals surface area contributed by atoms with Gasteiger partial charge in [-0.1, -0.05) is 25.3 Å². The molecule has 0 aromatic carbocycles. The van der Waals surface area contributed by atoms with E-state index in [4.69, 9.17) is 4.74 Å². The molecule has 0 saturated heterocycles. The van der Waals surface area contributed by atoms with Gasteiger partial charge in [0.2, 0.25) is 0 Å². The van der Waals surface area contributed by atoms with E-state index < -0.39 is 0 Å². The fourth-order valence-corrected chi connectivity index (χ4v) is 2.63. The van der Waals surface area contributed by atoms with Crippen molar-refractivity contribution in [3.05, 3.63) is 41.7 Å². The molecule has 0 bridgehead atoms. The third-order valence-corrected chi connectivity index (χ3v) is 4.08. The predicted octanol–water partition coefficient (Wildman–Crippen LogP) is 5.11. The van der Waals surface area contributed by atoms with Gasteiger partial charge in [0.25, 0.3) is 0 Å². The highest BCUT2D eigenvalue weighted by Crippen LogP contribution is 2.20. The first-order valence-corrected chi connectivity index (χ1v) is 9.79. The number of aliphatic imine (C=N–C) groups is 1. The molecule has 5 nitrogen and oxygen atoms in total. The van der Waals surface area contributed by atoms with Crippen LogP contribution in [0.1, 0.15) is 65.4 Å². The van der Waals surface area contributed by atoms with Crippen molar-refractivity contribution in [2.75, 3.05) is 7.05 Å². The van der Waals surface area contributed by atoms with E-state index in [1.807, 2.05) is 33.2 Å². The Labute approximate surface area is 164 Å². The van der Waals surface area contributed by atoms with Crippen molar-refractivity contribution < 1.29 is 9.53 Å². The van der Waals surface area contributed by atoms with Gasteiger partial charge in [-0.2, -0.15) is 0 Å². The van der Waals surface area contributed by atoms with Crippen LogP contribution in [0.4, 0.5) is 4.79 Å². The van der Waals surface area contributed by atoms with E-state index in [0.717, 1.165) is 6.42 Å². The van der Waals surface area contributed by atoms with Gasteiger partial charge in [-0.25, -0.2) is 4.79 Å². The first-order chi connectivity index (χ1) is 12.8. The van der Waals surface area contributed by atoms with Crippen LogP contribution in [-0.2, 0) is 11.2 Å². The molecule has 1 heterocycles. The Bertz CT molecular complexity index is 598. The molecule has 1 aromatic heterocycles. The maximum atomic E-state index is 10.5. The van der Waals surface area contributed by atoms with Crippen molar-refractivity contribution >= 4 is 12.3 Å². The van der Waals surface area contributed by atoms with Crippen molar-refractivity contribution in [2.24, 2.45) is 4.99 Å². The minimum Gasteiger partial charge on any atom is -0.444 e. The van der Waals surface area contributed by atoms with Crippen LogP contribution in [-0.4, -0.2) is 36.0 Å². The smallest absolute Gasteiger partial charge is 0.407 e. The number of nitrogens with zero attached hydrogens (tertiary/aromatic N) is 2. The molecule has 1 aliphatic carbocycles. The van der Waals surface area contributed by atoms with Crippen LogP contribution in [0.2, 0.25) is 0 Å². The van der Waals surface area contributed by atoms with Gasteiger partial charge in [0.1, 0.15) is 5.60 Å². The second-order valence-electron chi connectivity index (χ2n) is 7.83. The summed E-state index contributed by atoms with van der Waals surface area (Å²) in [5.74, 6) is 0. The number of hydrogen-bond donors (Lipinski definition) is 1. The Morgan fingerprint density at radius 1 is 1.26 bits per heavy atom. The zero-order chi connectivity index (χ0) is 20.1. The lowest BCUT2D eigenvalue weighted by molar-refractivity contribution is 0.0541. The van der Waals surface area contributed by atoms with Gasteiger partial charge in [0, 0.05) is 31.7 Å². The van der Waals surface area contributed by atoms with Gasteiger partial charge in [0.15, 0.2) is 0 Å². The quantitative estimate of drug-likeness (QED) is 0.746. The largest absolute Gasteiger partial charge is 0.444 e. The minimum atomic E-state index is -0.389. The lowest BCUT2D eigenvalue weighted by Gasteiger charge is -2.18. The molecule has 0 atom stereocenters. The summed E-state index contributed by atoms with van der Waals surface area (Å²) in [5, 5.41) is 2.36. The monoisotopic (exact) mass is 373 g/mol. The van der Waals surface area contributed by atoms with Gasteiger partial charge >= 0.3 is 6.09 Å². The van der Waals surface area contributed by atoms with Crippen LogP contribution in [0.15, 0.2) is 41.2 Å². The molecule has 150 valence electrons. The number of hydrogen-bond acceptors (Lipinski definition) is 4. The van der Waals surface area contributed by atoms with Gasteiger partial charge in [0.05, 0.1) is 0 Å². The number of carbonyl (C=O) groups excluding carboxylic acids is 1. The number of carbonyl (C=O) groups is 1. The van der Waals surface area contributed by atoms with E-state index in [9.17, 15) is 4.79 Å². The molecule has 27 heavy (non-hydrogen) atoms. The van der Waals surface area contributed by atoms with Crippen LogP contribution < -0.4 is 5.32 Å². The summed E-state index contributed by atoms with van der Waals surface area (Å²) >= 11 is 0. The average molecular weight is 374 g/mol. The molecule has 0 spiro atoms. The molecule has 5 heteroatoms. The normalized spacial score (nSPS) is 15.8. The van der Waals surface area contributed by atoms with Crippen molar-refractivity contribution in [1.82, 2.24) is 10.3 Å². The van der Waals surface area contributed by atoms with Gasteiger partial charge in [-0.3, -0.25) is 9.98 Å². The number of alkyl carbamates (subject to hydrolysis) is 1. The van der Waals surface area contributed by atoms with Crippen LogP contribution in [0.5, 0.6) is 0 Å². The highest BCUT2D eigenvalue weighted by Gasteiger charge is 2.14. The maximum Gasteiger partial charge on any atom is 0.407 e. The first kappa shape index (κ1) is 22.9. The van der Waals surface area contributed by atoms with E-state index in [0.29, 0.717) is 6.04 Å². The summed E-state index contributed by atoms with van der Waals surface area (Å²) in [6, 6.07) is 4.69. The van der Waals surface area contributed by atoms with Gasteiger partial charge in [-0.05, 0) is 70.2 Å². The van der Waals surface area contributed by atoms with Crippen molar-refractivity contribution in [3.63, 3.8) is 0 Å². The summed E-state index contributed by atoms with van der Waals surface area (Å²) in [6.07, 6.45) is 15.2. The third-order valence-electron chi connectivity index (χ3n) is 4.08. The van der Waals surface area contributed by atoms with Crippen molar-refractivity contribution in [2.45, 2.75) is 77.9 Å². The number of nitrogens with one attached hydrogen (secondary N) is 1. The third kappa shape index (κ3) is 11.9. The summed E-state index contributed by atoms with van der Waals surface area (Å²) in [6.45, 7) is 7.60. The molecule has 0 radical (unpaired) electrons. The Morgan fingerprint density at radius 3 is 2.41 bits per heavy atom. The Hall–Kier alpha value is -2.17. The average Bonchev–Trinajstić information content (AvgIpc) is 2.65. The SMILES string of the molecule is C/C(C=NC1CCCCC1)=C\Cc1ccncc1.CNC(=O)OC(C)(C)C. The highest BCUT2D eigenvalue weighted by molar-refractivity contribution is 5.77. The number of amides is 1. The molecule has 1 fully saturated rings. The van der Waals surface area contributed by atoms with Gasteiger partial charge < -0.3 is 10.1 Å². The van der Waals surface area contributed by atoms with Crippen LogP contribution in [0.25, 0.3) is 0 Å². The molecular weight excluding hydrogens is 338 g/mol. The summed E-state index contributed by atoms with van der Waals surface area (Å²) < 4.78 is 4.84. The fraction of sp³-hybridized carbons (Fsp3) is 0.591. The highest BCUT2D eigenvalue weighted by atomic mass is 16.6. The fourth-order valence-electron chi connectivity index (χ4n) is 2.63. The molecule has 1 aliphatic rings. The number of ether oxygens (including phenoxy) is 1. The topological polar surface area (TPSA) is 63.6 Å². The van der Waals surface area contributed by atoms with Crippen molar-refractivity contribution in [1.29, 1.82) is 0 Å². The number of pyridine rings is 1. The first-order valence-electron chi connectivity index (χ1n) is 9.79. The van der Waals surface area contributed by atoms with Crippen LogP contribution in [0.3, 0.4) is 0 Å². The standard InChI is InChI=1S/C16H22N2.C6H13NO2/c1-14(7-8-15-9-11-17-12-10-15)13-18-16-5-3-2-4-6-16;1-6(2,3)9-5(8)7-4/h7,9-13,16H,2-6,8H2,1H3;1-4H3,(H,7,8)/b14-7+,18-13?;. The van der Waals surface area contributed by atoms with Gasteiger partial charge in [-0.15, -0.1) is 0 Å². The van der Waals surface area contributed by atoms with Crippen LogP contribution in [0, 0.1) is 0 Å². The zero-order valence-electron chi connectivity index (χ0n) is 17.5. The second-order valence-corrected chi connectivity index (χ2v) is 7.83. The molecule has 0 aliphatic heterocycles. The number of aromatic nitrogens is 1. The Kier molecular flexibility index (Phi) is 10.4. The summed E-state index contributed by atoms with van der Waals surface area (Å²) in [7, 11) is 1.54. The van der Waals surface area contributed by atoms with Crippen molar-refractivity contribution in [3.8, 4) is 0 Å². The molecule has 1 amide bonds. The molecule has 1 saturated carbocycles. The second kappa shape index (κ2) is 12.3. The summed E-state index contributed by atoms with van der Waals surface area (Å²) in [5.41, 5.74) is 2.17. The molecular formula is C22H35N3O2. The Morgan fingerprint density at radius 2 is 1.89 bits per heavy atom. The minimum absolute atomic E-state index is 0.387. The lowest BCUT2D eigenvalue weighted by atomic mass is 9.96. The number of rotatable bonds is 4. The van der Waals surface area contributed by atoms with E-state index in [1.165, 1.54) is 50.3 Å². The molecule has 0 unspecified atom stereocenters. The molecule has 2 rings (SSSR count). The van der Waals surface area contributed by atoms with Crippen LogP contribution >= 0.6 is 0 Å². The predicted molar refractivity (Wildman–Crippen MR) is 112 cm³/mol. The molecule has 1 N–H and O–H groups in total. The van der Waals surface area contributed by atoms with E-state index >= 15 is 0 Å². The zero-order valence-corrected chi connectivity index (χ0v) is 17.5. The molecule has 1 aromatic rings. The summed E-state index contributed by atoms with van der Waals surface area (Å²) in [4.78, 5) is 19.2. The van der Waals surface area contributed by atoms with E-state index in [2.05, 4.69) is 46.6 Å². The Balaban J connectivity index is 0.000000345. The maximum absolute atomic E-state index is 10.5. The lowest BCUT2D eigenvalue weighted by Crippen LogP contribution is -2.30. The van der Waals surface area contributed by atoms with E-state index in [1.54, 1.807) is 0 Å². The number of allylic oxidation sites excluding steroid dienone is 2.